The van der Waals surface area contributed by atoms with E-state index in [-0.39, 0.29) is 35.7 Å². The zero-order chi connectivity index (χ0) is 24.0. The number of nitrogens with one attached hydrogen (secondary N) is 1. The molecular formula is C20H19F3N6O3S. The smallest absolute Gasteiger partial charge is 0.266 e. The SMILES string of the molecule is N[C@@H]1CN(c2nc3cc(F)ccc3cc2C(=O)Nc2ccnc(S(N)(=O)=O)c2)CCC1(F)F. The van der Waals surface area contributed by atoms with Crippen LogP contribution in [0.2, 0.25) is 0 Å². The molecule has 1 amide bonds. The van der Waals surface area contributed by atoms with Crippen LogP contribution in [-0.2, 0) is 10.0 Å². The summed E-state index contributed by atoms with van der Waals surface area (Å²) in [6, 6.07) is 6.20. The fourth-order valence-electron chi connectivity index (χ4n) is 3.50. The highest BCUT2D eigenvalue weighted by Gasteiger charge is 2.42. The Kier molecular flexibility index (Phi) is 5.72. The number of carbonyl (C=O) groups is 1. The van der Waals surface area contributed by atoms with Crippen molar-refractivity contribution in [2.45, 2.75) is 23.4 Å². The summed E-state index contributed by atoms with van der Waals surface area (Å²) in [6.45, 7) is -0.397. The number of piperidine rings is 1. The number of alkyl halides is 2. The van der Waals surface area contributed by atoms with Crippen molar-refractivity contribution in [3.8, 4) is 0 Å². The molecule has 13 heteroatoms. The van der Waals surface area contributed by atoms with E-state index < -0.39 is 45.2 Å². The molecule has 4 rings (SSSR count). The molecule has 1 aliphatic rings. The number of nitrogens with two attached hydrogens (primary N) is 2. The summed E-state index contributed by atoms with van der Waals surface area (Å²) in [5.41, 5.74) is 5.96. The first-order valence-electron chi connectivity index (χ1n) is 9.73. The van der Waals surface area contributed by atoms with E-state index in [1.807, 2.05) is 0 Å². The molecule has 1 fully saturated rings. The van der Waals surface area contributed by atoms with Gasteiger partial charge in [0, 0.05) is 48.9 Å². The first-order valence-corrected chi connectivity index (χ1v) is 11.3. The quantitative estimate of drug-likeness (QED) is 0.517. The second kappa shape index (κ2) is 8.24. The lowest BCUT2D eigenvalue weighted by Crippen LogP contribution is -2.55. The van der Waals surface area contributed by atoms with E-state index in [9.17, 15) is 26.4 Å². The highest BCUT2D eigenvalue weighted by Crippen LogP contribution is 2.32. The summed E-state index contributed by atoms with van der Waals surface area (Å²) < 4.78 is 64.6. The highest BCUT2D eigenvalue weighted by molar-refractivity contribution is 7.89. The van der Waals surface area contributed by atoms with Crippen LogP contribution in [-0.4, -0.2) is 49.3 Å². The van der Waals surface area contributed by atoms with Crippen molar-refractivity contribution in [2.75, 3.05) is 23.3 Å². The maximum absolute atomic E-state index is 13.9. The maximum Gasteiger partial charge on any atom is 0.266 e. The van der Waals surface area contributed by atoms with E-state index in [4.69, 9.17) is 10.9 Å². The standard InChI is InChI=1S/C20H19F3N6O3S/c21-12-2-1-11-7-14(19(30)27-13-3-5-26-17(9-13)33(25,31)32)18(28-15(11)8-12)29-6-4-20(22,23)16(24)10-29/h1-3,5,7-9,16H,4,6,10,24H2,(H2,25,31,32)(H,26,27,30)/t16-/m1/s1. The number of hydrogen-bond acceptors (Lipinski definition) is 7. The van der Waals surface area contributed by atoms with Gasteiger partial charge in [-0.1, -0.05) is 0 Å². The number of nitrogens with zero attached hydrogens (tertiary/aromatic N) is 3. The Hall–Kier alpha value is -3.29. The third-order valence-electron chi connectivity index (χ3n) is 5.26. The lowest BCUT2D eigenvalue weighted by Gasteiger charge is -2.37. The highest BCUT2D eigenvalue weighted by atomic mass is 32.2. The van der Waals surface area contributed by atoms with Crippen LogP contribution < -0.4 is 21.1 Å². The van der Waals surface area contributed by atoms with Gasteiger partial charge in [0.2, 0.25) is 0 Å². The van der Waals surface area contributed by atoms with Crippen LogP contribution in [0.5, 0.6) is 0 Å². The average Bonchev–Trinajstić information content (AvgIpc) is 2.74. The van der Waals surface area contributed by atoms with Crippen LogP contribution in [0, 0.1) is 5.82 Å². The summed E-state index contributed by atoms with van der Waals surface area (Å²) in [7, 11) is -4.10. The zero-order valence-electron chi connectivity index (χ0n) is 17.0. The van der Waals surface area contributed by atoms with Gasteiger partial charge in [-0.05, 0) is 24.3 Å². The lowest BCUT2D eigenvalue weighted by atomic mass is 10.0. The molecule has 0 aliphatic carbocycles. The van der Waals surface area contributed by atoms with E-state index in [0.29, 0.717) is 5.39 Å². The van der Waals surface area contributed by atoms with E-state index in [1.54, 1.807) is 0 Å². The molecule has 0 bridgehead atoms. The van der Waals surface area contributed by atoms with Gasteiger partial charge in [-0.25, -0.2) is 36.7 Å². The third-order valence-corrected chi connectivity index (χ3v) is 6.07. The van der Waals surface area contributed by atoms with Gasteiger partial charge in [-0.15, -0.1) is 0 Å². The molecule has 2 aromatic heterocycles. The van der Waals surface area contributed by atoms with Gasteiger partial charge in [0.1, 0.15) is 11.6 Å². The minimum Gasteiger partial charge on any atom is -0.354 e. The minimum absolute atomic E-state index is 0.0143. The summed E-state index contributed by atoms with van der Waals surface area (Å²) in [4.78, 5) is 22.6. The molecule has 1 aromatic carbocycles. The topological polar surface area (TPSA) is 144 Å². The number of halogens is 3. The van der Waals surface area contributed by atoms with Gasteiger partial charge in [0.15, 0.2) is 5.03 Å². The van der Waals surface area contributed by atoms with E-state index >= 15 is 0 Å². The number of sulfonamides is 1. The van der Waals surface area contributed by atoms with Crippen molar-refractivity contribution >= 4 is 38.3 Å². The van der Waals surface area contributed by atoms with E-state index in [2.05, 4.69) is 15.3 Å². The maximum atomic E-state index is 13.9. The number of hydrogen-bond donors (Lipinski definition) is 3. The molecular weight excluding hydrogens is 461 g/mol. The Bertz CT molecular complexity index is 1350. The second-order valence-electron chi connectivity index (χ2n) is 7.64. The van der Waals surface area contributed by atoms with Crippen LogP contribution in [0.25, 0.3) is 10.9 Å². The van der Waals surface area contributed by atoms with Crippen molar-refractivity contribution in [1.29, 1.82) is 0 Å². The molecule has 9 nitrogen and oxygen atoms in total. The number of fused-ring (bicyclic) bond motifs is 1. The molecule has 5 N–H and O–H groups in total. The van der Waals surface area contributed by atoms with Gasteiger partial charge in [-0.2, -0.15) is 0 Å². The largest absolute Gasteiger partial charge is 0.354 e. The predicted octanol–water partition coefficient (Wildman–Crippen LogP) is 1.84. The Balaban J connectivity index is 1.75. The Labute approximate surface area is 186 Å². The summed E-state index contributed by atoms with van der Waals surface area (Å²) in [6.07, 6.45) is 0.615. The summed E-state index contributed by atoms with van der Waals surface area (Å²) >= 11 is 0. The van der Waals surface area contributed by atoms with Crippen LogP contribution in [0.1, 0.15) is 16.8 Å². The molecule has 1 saturated heterocycles. The fraction of sp³-hybridized carbons (Fsp3) is 0.250. The number of anilines is 2. The number of aromatic nitrogens is 2. The number of primary sulfonamides is 1. The third kappa shape index (κ3) is 4.74. The number of carbonyl (C=O) groups excluding carboxylic acids is 1. The minimum atomic E-state index is -4.10. The van der Waals surface area contributed by atoms with Crippen molar-refractivity contribution in [3.63, 3.8) is 0 Å². The number of benzene rings is 1. The number of pyridine rings is 2. The monoisotopic (exact) mass is 480 g/mol. The predicted molar refractivity (Wildman–Crippen MR) is 115 cm³/mol. The molecule has 33 heavy (non-hydrogen) atoms. The van der Waals surface area contributed by atoms with Crippen molar-refractivity contribution < 1.29 is 26.4 Å². The second-order valence-corrected chi connectivity index (χ2v) is 9.15. The number of rotatable bonds is 4. The molecule has 1 atom stereocenters. The van der Waals surface area contributed by atoms with Crippen LogP contribution in [0.3, 0.4) is 0 Å². The first kappa shape index (κ1) is 22.9. The zero-order valence-corrected chi connectivity index (χ0v) is 17.8. The van der Waals surface area contributed by atoms with Gasteiger partial charge in [-0.3, -0.25) is 4.79 Å². The Morgan fingerprint density at radius 2 is 1.97 bits per heavy atom. The molecule has 0 radical (unpaired) electrons. The molecule has 1 aliphatic heterocycles. The first-order chi connectivity index (χ1) is 15.4. The lowest BCUT2D eigenvalue weighted by molar-refractivity contribution is -0.0394. The summed E-state index contributed by atoms with van der Waals surface area (Å²) in [5, 5.41) is 7.60. The van der Waals surface area contributed by atoms with Gasteiger partial charge >= 0.3 is 0 Å². The Morgan fingerprint density at radius 3 is 2.67 bits per heavy atom. The fourth-order valence-corrected chi connectivity index (χ4v) is 4.00. The van der Waals surface area contributed by atoms with Crippen LogP contribution in [0.15, 0.2) is 47.6 Å². The van der Waals surface area contributed by atoms with E-state index in [1.165, 1.54) is 35.2 Å². The van der Waals surface area contributed by atoms with Crippen molar-refractivity contribution in [2.24, 2.45) is 10.9 Å². The normalized spacial score (nSPS) is 18.3. The molecule has 3 heterocycles. The van der Waals surface area contributed by atoms with Crippen LogP contribution in [0.4, 0.5) is 24.7 Å². The average molecular weight is 480 g/mol. The summed E-state index contributed by atoms with van der Waals surface area (Å²) in [5.74, 6) is -4.26. The molecule has 174 valence electrons. The van der Waals surface area contributed by atoms with E-state index in [0.717, 1.165) is 12.3 Å². The molecule has 0 unspecified atom stereocenters. The molecule has 0 saturated carbocycles. The van der Waals surface area contributed by atoms with Crippen molar-refractivity contribution in [1.82, 2.24) is 9.97 Å². The van der Waals surface area contributed by atoms with Gasteiger partial charge < -0.3 is 16.0 Å². The van der Waals surface area contributed by atoms with Crippen molar-refractivity contribution in [3.05, 3.63) is 54.0 Å². The van der Waals surface area contributed by atoms with Crippen LogP contribution >= 0.6 is 0 Å². The van der Waals surface area contributed by atoms with Gasteiger partial charge in [0.05, 0.1) is 17.1 Å². The molecule has 3 aromatic rings. The molecule has 0 spiro atoms. The Morgan fingerprint density at radius 1 is 1.21 bits per heavy atom. The number of amides is 1. The van der Waals surface area contributed by atoms with Gasteiger partial charge in [0.25, 0.3) is 21.9 Å².